The largest absolute Gasteiger partial charge is 0.352 e. The van der Waals surface area contributed by atoms with Crippen LogP contribution in [0.25, 0.3) is 6.08 Å². The number of benzene rings is 1. The Morgan fingerprint density at radius 3 is 2.72 bits per heavy atom. The predicted octanol–water partition coefficient (Wildman–Crippen LogP) is 5.68. The minimum Gasteiger partial charge on any atom is -0.352 e. The van der Waals surface area contributed by atoms with Gasteiger partial charge in [-0.05, 0) is 99.7 Å². The fraction of sp³-hybridized carbons (Fsp3) is 0.519. The summed E-state index contributed by atoms with van der Waals surface area (Å²) in [4.78, 5) is 19.1. The lowest BCUT2D eigenvalue weighted by Gasteiger charge is -2.32. The number of carbonyl (C=O) groups is 1. The van der Waals surface area contributed by atoms with Crippen LogP contribution in [0.1, 0.15) is 58.5 Å². The lowest BCUT2D eigenvalue weighted by molar-refractivity contribution is -0.116. The van der Waals surface area contributed by atoms with Gasteiger partial charge in [0.1, 0.15) is 0 Å². The summed E-state index contributed by atoms with van der Waals surface area (Å²) in [5.74, 6) is 1.91. The quantitative estimate of drug-likeness (QED) is 0.533. The zero-order chi connectivity index (χ0) is 21.8. The summed E-state index contributed by atoms with van der Waals surface area (Å²) in [5, 5.41) is 3.18. The lowest BCUT2D eigenvalue weighted by atomic mass is 9.90. The Morgan fingerprint density at radius 2 is 1.88 bits per heavy atom. The van der Waals surface area contributed by atoms with Gasteiger partial charge >= 0.3 is 0 Å². The van der Waals surface area contributed by atoms with Crippen LogP contribution in [0.4, 0.5) is 0 Å². The van der Waals surface area contributed by atoms with Gasteiger partial charge in [0.15, 0.2) is 0 Å². The van der Waals surface area contributed by atoms with Gasteiger partial charge in [-0.15, -0.1) is 23.1 Å². The molecule has 32 heavy (non-hydrogen) atoms. The number of aryl methyl sites for hydroxylation is 1. The summed E-state index contributed by atoms with van der Waals surface area (Å²) in [5.41, 5.74) is 4.59. The molecule has 5 rings (SSSR count). The first kappa shape index (κ1) is 22.2. The average Bonchev–Trinajstić information content (AvgIpc) is 3.21. The monoisotopic (exact) mass is 466 g/mol. The van der Waals surface area contributed by atoms with E-state index in [1.54, 1.807) is 22.2 Å². The Balaban J connectivity index is 1.03. The van der Waals surface area contributed by atoms with E-state index < -0.39 is 0 Å². The third-order valence-corrected chi connectivity index (χ3v) is 9.51. The number of thioether (sulfide) groups is 1. The second-order valence-electron chi connectivity index (χ2n) is 9.44. The van der Waals surface area contributed by atoms with E-state index >= 15 is 0 Å². The first-order valence-corrected chi connectivity index (χ1v) is 14.1. The molecule has 1 amide bonds. The molecule has 170 valence electrons. The van der Waals surface area contributed by atoms with Crippen molar-refractivity contribution >= 4 is 35.1 Å². The van der Waals surface area contributed by atoms with E-state index in [0.717, 1.165) is 36.1 Å². The van der Waals surface area contributed by atoms with Crippen molar-refractivity contribution in [2.75, 3.05) is 26.2 Å². The van der Waals surface area contributed by atoms with Crippen LogP contribution in [-0.4, -0.2) is 37.0 Å². The molecule has 2 aliphatic heterocycles. The van der Waals surface area contributed by atoms with E-state index in [9.17, 15) is 4.79 Å². The lowest BCUT2D eigenvalue weighted by Crippen LogP contribution is -2.36. The zero-order valence-electron chi connectivity index (χ0n) is 18.9. The fourth-order valence-electron chi connectivity index (χ4n) is 5.32. The summed E-state index contributed by atoms with van der Waals surface area (Å²) < 4.78 is 0. The molecule has 1 saturated heterocycles. The maximum absolute atomic E-state index is 12.7. The van der Waals surface area contributed by atoms with Crippen LogP contribution in [-0.2, 0) is 29.8 Å². The molecule has 3 nitrogen and oxygen atoms in total. The van der Waals surface area contributed by atoms with Crippen LogP contribution in [0.3, 0.4) is 0 Å². The highest BCUT2D eigenvalue weighted by Crippen LogP contribution is 2.42. The normalized spacial score (nSPS) is 19.2. The topological polar surface area (TPSA) is 32.3 Å². The molecule has 0 saturated carbocycles. The van der Waals surface area contributed by atoms with Gasteiger partial charge < -0.3 is 10.2 Å². The molecule has 1 N–H and O–H groups in total. The second-order valence-corrected chi connectivity index (χ2v) is 11.6. The molecule has 1 fully saturated rings. The highest BCUT2D eigenvalue weighted by Gasteiger charge is 2.25. The smallest absolute Gasteiger partial charge is 0.257 e. The Kier molecular flexibility index (Phi) is 7.35. The Labute approximate surface area is 200 Å². The summed E-state index contributed by atoms with van der Waals surface area (Å²) in [6, 6.07) is 10.9. The van der Waals surface area contributed by atoms with Crippen molar-refractivity contribution in [1.29, 1.82) is 0 Å². The minimum absolute atomic E-state index is 0.119. The van der Waals surface area contributed by atoms with E-state index in [-0.39, 0.29) is 5.91 Å². The maximum Gasteiger partial charge on any atom is 0.257 e. The number of fused-ring (bicyclic) bond motifs is 3. The van der Waals surface area contributed by atoms with Crippen LogP contribution < -0.4 is 5.32 Å². The SMILES string of the molecule is O=C(NCCCN1CCC(Cc2ccccc2)CC1)C1=Cc2sc3c(c2CS1)CCCC3. The van der Waals surface area contributed by atoms with E-state index in [1.807, 2.05) is 11.3 Å². The number of thiophene rings is 1. The Morgan fingerprint density at radius 1 is 1.06 bits per heavy atom. The summed E-state index contributed by atoms with van der Waals surface area (Å²) in [6.45, 7) is 4.25. The van der Waals surface area contributed by atoms with Gasteiger partial charge in [0, 0.05) is 22.1 Å². The van der Waals surface area contributed by atoms with Crippen molar-refractivity contribution in [3.63, 3.8) is 0 Å². The van der Waals surface area contributed by atoms with Gasteiger partial charge in [-0.3, -0.25) is 4.79 Å². The van der Waals surface area contributed by atoms with Gasteiger partial charge in [0.2, 0.25) is 0 Å². The summed E-state index contributed by atoms with van der Waals surface area (Å²) in [6.07, 6.45) is 12.1. The first-order valence-electron chi connectivity index (χ1n) is 12.3. The van der Waals surface area contributed by atoms with Gasteiger partial charge in [0.25, 0.3) is 5.91 Å². The number of nitrogens with one attached hydrogen (secondary N) is 1. The number of amides is 1. The van der Waals surface area contributed by atoms with Crippen molar-refractivity contribution in [3.05, 3.63) is 61.7 Å². The van der Waals surface area contributed by atoms with Crippen molar-refractivity contribution < 1.29 is 4.79 Å². The third-order valence-electron chi connectivity index (χ3n) is 7.18. The summed E-state index contributed by atoms with van der Waals surface area (Å²) in [7, 11) is 0. The molecule has 0 unspecified atom stereocenters. The van der Waals surface area contributed by atoms with Gasteiger partial charge in [0.05, 0.1) is 4.91 Å². The standard InChI is InChI=1S/C27H34N2OS2/c30-27(26-18-25-23(19-31-26)22-9-4-5-10-24(22)32-25)28-13-6-14-29-15-11-21(12-16-29)17-20-7-2-1-3-8-20/h1-3,7-8,18,21H,4-6,9-17,19H2,(H,28,30). The predicted molar refractivity (Wildman–Crippen MR) is 137 cm³/mol. The van der Waals surface area contributed by atoms with E-state index in [1.165, 1.54) is 74.0 Å². The highest BCUT2D eigenvalue weighted by atomic mass is 32.2. The van der Waals surface area contributed by atoms with E-state index in [2.05, 4.69) is 46.6 Å². The Hall–Kier alpha value is -1.56. The molecule has 3 heterocycles. The van der Waals surface area contributed by atoms with Crippen LogP contribution >= 0.6 is 23.1 Å². The highest BCUT2D eigenvalue weighted by molar-refractivity contribution is 8.03. The van der Waals surface area contributed by atoms with Crippen LogP contribution in [0.5, 0.6) is 0 Å². The molecule has 0 bridgehead atoms. The van der Waals surface area contributed by atoms with E-state index in [4.69, 9.17) is 0 Å². The molecule has 3 aliphatic rings. The maximum atomic E-state index is 12.7. The van der Waals surface area contributed by atoms with Crippen LogP contribution in [0.2, 0.25) is 0 Å². The Bertz CT molecular complexity index is 958. The number of hydrogen-bond acceptors (Lipinski definition) is 4. The summed E-state index contributed by atoms with van der Waals surface area (Å²) >= 11 is 3.65. The molecular formula is C27H34N2OS2. The fourth-order valence-corrected chi connectivity index (χ4v) is 7.88. The number of rotatable bonds is 7. The van der Waals surface area contributed by atoms with Crippen molar-refractivity contribution in [2.45, 2.75) is 57.1 Å². The third kappa shape index (κ3) is 5.32. The second kappa shape index (κ2) is 10.6. The van der Waals surface area contributed by atoms with Crippen LogP contribution in [0, 0.1) is 5.92 Å². The molecule has 1 aromatic carbocycles. The number of likely N-dealkylation sites (tertiary alicyclic amines) is 1. The molecule has 1 aliphatic carbocycles. The van der Waals surface area contributed by atoms with Gasteiger partial charge in [-0.25, -0.2) is 0 Å². The molecule has 2 aromatic rings. The molecule has 0 radical (unpaired) electrons. The number of hydrogen-bond donors (Lipinski definition) is 1. The molecule has 5 heteroatoms. The number of nitrogens with zero attached hydrogens (tertiary/aromatic N) is 1. The van der Waals surface area contributed by atoms with Crippen molar-refractivity contribution in [1.82, 2.24) is 10.2 Å². The van der Waals surface area contributed by atoms with Gasteiger partial charge in [-0.1, -0.05) is 30.3 Å². The molecule has 0 atom stereocenters. The molecule has 1 aromatic heterocycles. The first-order chi connectivity index (χ1) is 15.8. The van der Waals surface area contributed by atoms with Crippen molar-refractivity contribution in [2.24, 2.45) is 5.92 Å². The minimum atomic E-state index is 0.119. The van der Waals surface area contributed by atoms with Crippen molar-refractivity contribution in [3.8, 4) is 0 Å². The zero-order valence-corrected chi connectivity index (χ0v) is 20.5. The molecular weight excluding hydrogens is 432 g/mol. The van der Waals surface area contributed by atoms with E-state index in [0.29, 0.717) is 0 Å². The number of piperidine rings is 1. The van der Waals surface area contributed by atoms with Gasteiger partial charge in [-0.2, -0.15) is 0 Å². The van der Waals surface area contributed by atoms with Crippen LogP contribution in [0.15, 0.2) is 35.2 Å². The average molecular weight is 467 g/mol. The molecule has 0 spiro atoms. The number of carbonyl (C=O) groups excluding carboxylic acids is 1.